The lowest BCUT2D eigenvalue weighted by Crippen LogP contribution is -1.86. The quantitative estimate of drug-likeness (QED) is 0.153. The third-order valence-electron chi connectivity index (χ3n) is 4.00. The van der Waals surface area contributed by atoms with Gasteiger partial charge in [-0.25, -0.2) is 8.42 Å². The van der Waals surface area contributed by atoms with E-state index in [9.17, 15) is 13.2 Å². The van der Waals surface area contributed by atoms with Gasteiger partial charge in [0, 0.05) is 26.7 Å². The molecule has 0 unspecified atom stereocenters. The summed E-state index contributed by atoms with van der Waals surface area (Å²) in [7, 11) is 0.583. The summed E-state index contributed by atoms with van der Waals surface area (Å²) in [4.78, 5) is 9.44. The molecule has 4 nitrogen and oxygen atoms in total. The highest BCUT2D eigenvalue weighted by molar-refractivity contribution is 7.89. The first-order valence-corrected chi connectivity index (χ1v) is 24.5. The zero-order valence-corrected chi connectivity index (χ0v) is 44.1. The molecule has 0 spiro atoms. The van der Waals surface area contributed by atoms with Gasteiger partial charge < -0.3 is 9.53 Å². The Morgan fingerprint density at radius 1 is 0.258 bits per heavy atom. The summed E-state index contributed by atoms with van der Waals surface area (Å²) in [6.45, 7) is 31.1. The number of methoxy groups -OCH3 is 1. The summed E-state index contributed by atoms with van der Waals surface area (Å²) in [5.74, 6) is 0.167. The number of benzene rings is 6. The van der Waals surface area contributed by atoms with Crippen LogP contribution in [0.4, 0.5) is 0 Å². The molecule has 0 atom stereocenters. The van der Waals surface area contributed by atoms with Gasteiger partial charge in [-0.05, 0) is 13.8 Å². The predicted octanol–water partition coefficient (Wildman–Crippen LogP) is 17.8. The topological polar surface area (TPSA) is 60.4 Å². The van der Waals surface area contributed by atoms with Crippen LogP contribution in [0.2, 0.25) is 0 Å². The molecule has 5 heteroatoms. The number of ether oxygens (including phenoxy) is 1. The predicted molar refractivity (Wildman–Crippen MR) is 288 cm³/mol. The lowest BCUT2D eigenvalue weighted by molar-refractivity contribution is -0.115. The maximum atomic E-state index is 9.63. The summed E-state index contributed by atoms with van der Waals surface area (Å²) < 4.78 is 23.5. The molecule has 0 saturated heterocycles. The molecule has 6 aromatic rings. The van der Waals surface area contributed by atoms with Crippen molar-refractivity contribution in [2.45, 2.75) is 111 Å². The molecule has 0 N–H and O–H groups in total. The Labute approximate surface area is 387 Å². The summed E-state index contributed by atoms with van der Waals surface area (Å²) in [5, 5.41) is 0. The summed E-state index contributed by atoms with van der Waals surface area (Å²) >= 11 is 0. The molecule has 0 aromatic heterocycles. The molecule has 62 heavy (non-hydrogen) atoms. The number of hydrogen-bond donors (Lipinski definition) is 0. The second-order valence-corrected chi connectivity index (χ2v) is 11.7. The van der Waals surface area contributed by atoms with Crippen molar-refractivity contribution in [1.29, 1.82) is 0 Å². The number of hydrogen-bond acceptors (Lipinski definition) is 4. The molecule has 0 heterocycles. The Hall–Kier alpha value is -5.10. The van der Waals surface area contributed by atoms with Crippen molar-refractivity contribution >= 4 is 15.6 Å². The van der Waals surface area contributed by atoms with E-state index in [-0.39, 0.29) is 5.78 Å². The smallest absolute Gasteiger partial charge is 0.144 e. The van der Waals surface area contributed by atoms with Crippen molar-refractivity contribution < 1.29 is 17.9 Å². The monoisotopic (exact) mass is 877 g/mol. The van der Waals surface area contributed by atoms with E-state index in [2.05, 4.69) is 4.74 Å². The van der Waals surface area contributed by atoms with Crippen LogP contribution in [0.3, 0.4) is 0 Å². The molecule has 0 aliphatic heterocycles. The summed E-state index contributed by atoms with van der Waals surface area (Å²) in [6, 6.07) is 72.0. The van der Waals surface area contributed by atoms with E-state index in [1.165, 1.54) is 13.8 Å². The Kier molecular flexibility index (Phi) is 131. The second kappa shape index (κ2) is 101. The average molecular weight is 877 g/mol. The first-order valence-electron chi connectivity index (χ1n) is 22.2. The zero-order chi connectivity index (χ0) is 50.2. The van der Waals surface area contributed by atoms with Crippen molar-refractivity contribution in [3.63, 3.8) is 0 Å². The molecular weight excluding hydrogens is 781 g/mol. The van der Waals surface area contributed by atoms with E-state index < -0.39 is 9.84 Å². The SMILES string of the molecule is CC.CC.CC.CC.CC.CC.CC.CC(C)=O.COC.CS(C)(=O)=O.c1ccccc1.c1ccccc1.c1ccccc1.c1ccccc1.c1ccccc1.c1ccccc1. The Morgan fingerprint density at radius 2 is 0.274 bits per heavy atom. The van der Waals surface area contributed by atoms with Gasteiger partial charge in [0.05, 0.1) is 0 Å². The van der Waals surface area contributed by atoms with Crippen LogP contribution in [0.25, 0.3) is 0 Å². The first-order chi connectivity index (χ1) is 30.1. The fraction of sp³-hybridized carbons (Fsp3) is 0.351. The van der Waals surface area contributed by atoms with Crippen LogP contribution < -0.4 is 0 Å². The summed E-state index contributed by atoms with van der Waals surface area (Å²) in [6.07, 6.45) is 2.32. The maximum absolute atomic E-state index is 9.63. The van der Waals surface area contributed by atoms with Gasteiger partial charge in [-0.15, -0.1) is 0 Å². The lowest BCUT2D eigenvalue weighted by Gasteiger charge is -1.69. The maximum Gasteiger partial charge on any atom is 0.144 e. The highest BCUT2D eigenvalue weighted by atomic mass is 32.2. The van der Waals surface area contributed by atoms with Crippen LogP contribution in [0.5, 0.6) is 0 Å². The standard InChI is InChI=1S/6C6H6.C3H6O.C2H6O2S.C2H6O.7C2H6/c6*1-2-4-6-5-3-1;1-3(2)4;1-5(2,3)4;1-3-2;7*1-2/h6*1-6H;1-2H3;1-2H3;1-2H3;7*1-2H3. The van der Waals surface area contributed by atoms with Crippen molar-refractivity contribution in [3.05, 3.63) is 218 Å². The normalized spacial score (nSPS) is 6.97. The largest absolute Gasteiger partial charge is 0.388 e. The minimum absolute atomic E-state index is 0.167. The molecule has 0 aliphatic rings. The van der Waals surface area contributed by atoms with E-state index in [0.717, 1.165) is 12.5 Å². The van der Waals surface area contributed by atoms with Gasteiger partial charge in [0.15, 0.2) is 0 Å². The van der Waals surface area contributed by atoms with Crippen LogP contribution in [0, 0.1) is 0 Å². The average Bonchev–Trinajstić information content (AvgIpc) is 3.37. The minimum atomic E-state index is -2.67. The number of Topliss-reactive ketones (excluding diaryl/α,β-unsaturated/α-hetero) is 1. The molecular formula is C57H96O4S. The van der Waals surface area contributed by atoms with E-state index in [1.807, 2.05) is 315 Å². The lowest BCUT2D eigenvalue weighted by atomic mass is 10.4. The van der Waals surface area contributed by atoms with Crippen molar-refractivity contribution in [1.82, 2.24) is 0 Å². The summed E-state index contributed by atoms with van der Waals surface area (Å²) in [5.41, 5.74) is 0. The Bertz CT molecular complexity index is 1020. The van der Waals surface area contributed by atoms with Crippen LogP contribution in [0.1, 0.15) is 111 Å². The Morgan fingerprint density at radius 3 is 0.290 bits per heavy atom. The highest BCUT2D eigenvalue weighted by Gasteiger charge is 1.79. The van der Waals surface area contributed by atoms with Gasteiger partial charge in [-0.3, -0.25) is 0 Å². The Balaban J connectivity index is -0.0000000595. The molecule has 0 bridgehead atoms. The van der Waals surface area contributed by atoms with Gasteiger partial charge in [-0.2, -0.15) is 0 Å². The van der Waals surface area contributed by atoms with E-state index in [1.54, 1.807) is 14.2 Å². The number of sulfone groups is 1. The molecule has 0 aliphatic carbocycles. The van der Waals surface area contributed by atoms with E-state index in [0.29, 0.717) is 0 Å². The van der Waals surface area contributed by atoms with Crippen LogP contribution in [-0.4, -0.2) is 40.9 Å². The number of rotatable bonds is 0. The van der Waals surface area contributed by atoms with E-state index in [4.69, 9.17) is 0 Å². The van der Waals surface area contributed by atoms with Gasteiger partial charge in [0.1, 0.15) is 15.6 Å². The minimum Gasteiger partial charge on any atom is -0.388 e. The van der Waals surface area contributed by atoms with Crippen molar-refractivity contribution in [2.24, 2.45) is 0 Å². The van der Waals surface area contributed by atoms with E-state index >= 15 is 0 Å². The molecule has 354 valence electrons. The first kappa shape index (κ1) is 80.8. The van der Waals surface area contributed by atoms with Crippen molar-refractivity contribution in [3.8, 4) is 0 Å². The van der Waals surface area contributed by atoms with Crippen LogP contribution in [-0.2, 0) is 19.4 Å². The molecule has 6 aromatic carbocycles. The van der Waals surface area contributed by atoms with Crippen molar-refractivity contribution in [2.75, 3.05) is 26.7 Å². The van der Waals surface area contributed by atoms with Gasteiger partial charge in [0.25, 0.3) is 0 Å². The second-order valence-electron chi connectivity index (χ2n) is 9.39. The van der Waals surface area contributed by atoms with Crippen LogP contribution in [0.15, 0.2) is 218 Å². The fourth-order valence-electron chi connectivity index (χ4n) is 2.31. The third-order valence-corrected chi connectivity index (χ3v) is 4.00. The number of ketones is 1. The number of carbonyl (C=O) groups excluding carboxylic acids is 1. The van der Waals surface area contributed by atoms with Gasteiger partial charge >= 0.3 is 0 Å². The van der Waals surface area contributed by atoms with Gasteiger partial charge in [-0.1, -0.05) is 315 Å². The molecule has 0 fully saturated rings. The number of carbonyl (C=O) groups is 1. The molecule has 0 saturated carbocycles. The molecule has 0 amide bonds. The highest BCUT2D eigenvalue weighted by Crippen LogP contribution is 1.83. The zero-order valence-electron chi connectivity index (χ0n) is 43.3. The van der Waals surface area contributed by atoms with Gasteiger partial charge in [0.2, 0.25) is 0 Å². The molecule has 6 rings (SSSR count). The fourth-order valence-corrected chi connectivity index (χ4v) is 2.31. The van der Waals surface area contributed by atoms with Crippen LogP contribution >= 0.6 is 0 Å². The molecule has 0 radical (unpaired) electrons. The third kappa shape index (κ3) is 167.